The van der Waals surface area contributed by atoms with Gasteiger partial charge in [0, 0.05) is 25.8 Å². The molecule has 0 radical (unpaired) electrons. The number of halogens is 1. The van der Waals surface area contributed by atoms with E-state index in [4.69, 9.17) is 0 Å². The van der Waals surface area contributed by atoms with Crippen molar-refractivity contribution in [2.24, 2.45) is 0 Å². The summed E-state index contributed by atoms with van der Waals surface area (Å²) in [4.78, 5) is 6.83. The molecule has 0 saturated heterocycles. The van der Waals surface area contributed by atoms with Gasteiger partial charge in [-0.25, -0.2) is 4.98 Å². The number of anilines is 1. The number of aromatic nitrogens is 1. The van der Waals surface area contributed by atoms with Crippen LogP contribution in [0.1, 0.15) is 23.7 Å². The number of aryl methyl sites for hydroxylation is 1. The van der Waals surface area contributed by atoms with Gasteiger partial charge in [-0.15, -0.1) is 11.3 Å². The van der Waals surface area contributed by atoms with Gasteiger partial charge in [0.2, 0.25) is 0 Å². The number of rotatable bonds is 6. The maximum Gasteiger partial charge on any atom is 0.129 e. The summed E-state index contributed by atoms with van der Waals surface area (Å²) < 4.78 is 1.17. The third-order valence-corrected chi connectivity index (χ3v) is 4.56. The zero-order valence-electron chi connectivity index (χ0n) is 12.1. The highest BCUT2D eigenvalue weighted by molar-refractivity contribution is 9.11. The molecule has 1 N–H and O–H groups in total. The van der Waals surface area contributed by atoms with Gasteiger partial charge in [0.1, 0.15) is 5.82 Å². The van der Waals surface area contributed by atoms with Gasteiger partial charge in [-0.2, -0.15) is 0 Å². The number of hydrogen-bond donors (Lipinski definition) is 1. The molecular formula is C15H20BrN3S. The van der Waals surface area contributed by atoms with Crippen LogP contribution < -0.4 is 10.2 Å². The summed E-state index contributed by atoms with van der Waals surface area (Å²) >= 11 is 5.22. The van der Waals surface area contributed by atoms with Gasteiger partial charge in [-0.3, -0.25) is 0 Å². The van der Waals surface area contributed by atoms with Crippen molar-refractivity contribution in [1.82, 2.24) is 10.3 Å². The topological polar surface area (TPSA) is 28.2 Å². The van der Waals surface area contributed by atoms with E-state index in [2.05, 4.69) is 68.7 Å². The molecule has 0 spiro atoms. The van der Waals surface area contributed by atoms with Crippen molar-refractivity contribution in [2.75, 3.05) is 18.5 Å². The molecule has 3 nitrogen and oxygen atoms in total. The summed E-state index contributed by atoms with van der Waals surface area (Å²) in [7, 11) is 2.09. The van der Waals surface area contributed by atoms with Crippen LogP contribution in [0.25, 0.3) is 0 Å². The minimum atomic E-state index is 0.874. The highest BCUT2D eigenvalue weighted by Crippen LogP contribution is 2.23. The third-order valence-electron chi connectivity index (χ3n) is 3.01. The molecule has 0 aliphatic carbocycles. The second-order valence-corrected chi connectivity index (χ2v) is 7.16. The first-order valence-electron chi connectivity index (χ1n) is 6.71. The van der Waals surface area contributed by atoms with E-state index in [1.54, 1.807) is 11.3 Å². The van der Waals surface area contributed by atoms with E-state index in [0.29, 0.717) is 0 Å². The first kappa shape index (κ1) is 15.5. The van der Waals surface area contributed by atoms with Gasteiger partial charge >= 0.3 is 0 Å². The molecule has 5 heteroatoms. The second kappa shape index (κ2) is 7.20. The molecule has 0 fully saturated rings. The van der Waals surface area contributed by atoms with Gasteiger partial charge in [0.25, 0.3) is 0 Å². The monoisotopic (exact) mass is 353 g/mol. The quantitative estimate of drug-likeness (QED) is 0.851. The molecule has 0 aliphatic rings. The fourth-order valence-corrected chi connectivity index (χ4v) is 3.27. The first-order chi connectivity index (χ1) is 9.58. The molecule has 0 atom stereocenters. The Labute approximate surface area is 133 Å². The summed E-state index contributed by atoms with van der Waals surface area (Å²) in [5.41, 5.74) is 3.65. The predicted molar refractivity (Wildman–Crippen MR) is 90.5 cm³/mol. The molecular weight excluding hydrogens is 334 g/mol. The summed E-state index contributed by atoms with van der Waals surface area (Å²) in [6.45, 7) is 6.92. The Morgan fingerprint density at radius 1 is 1.30 bits per heavy atom. The van der Waals surface area contributed by atoms with Crippen molar-refractivity contribution < 1.29 is 0 Å². The average molecular weight is 354 g/mol. The van der Waals surface area contributed by atoms with E-state index in [-0.39, 0.29) is 0 Å². The van der Waals surface area contributed by atoms with Gasteiger partial charge in [0.05, 0.1) is 3.79 Å². The van der Waals surface area contributed by atoms with Gasteiger partial charge in [0.15, 0.2) is 0 Å². The highest BCUT2D eigenvalue weighted by Gasteiger charge is 2.07. The van der Waals surface area contributed by atoms with E-state index < -0.39 is 0 Å². The number of pyridine rings is 1. The molecule has 20 heavy (non-hydrogen) atoms. The van der Waals surface area contributed by atoms with Crippen LogP contribution in [0.5, 0.6) is 0 Å². The fourth-order valence-electron chi connectivity index (χ4n) is 2.07. The maximum atomic E-state index is 4.63. The molecule has 0 saturated carbocycles. The highest BCUT2D eigenvalue weighted by atomic mass is 79.9. The van der Waals surface area contributed by atoms with Crippen LogP contribution in [0.15, 0.2) is 27.4 Å². The number of nitrogens with one attached hydrogen (secondary N) is 1. The van der Waals surface area contributed by atoms with Crippen LogP contribution in [0.2, 0.25) is 0 Å². The van der Waals surface area contributed by atoms with E-state index in [0.717, 1.165) is 31.1 Å². The molecule has 0 aromatic carbocycles. The lowest BCUT2D eigenvalue weighted by Crippen LogP contribution is -2.19. The van der Waals surface area contributed by atoms with Crippen LogP contribution in [0.4, 0.5) is 5.82 Å². The standard InChI is InChI=1S/C15H20BrN3S/c1-4-17-8-12-5-11(2)18-15(7-12)19(3)9-13-6-14(16)20-10-13/h5-7,10,17H,4,8-9H2,1-3H3. The Kier molecular flexibility index (Phi) is 5.57. The lowest BCUT2D eigenvalue weighted by atomic mass is 10.2. The molecule has 0 amide bonds. The Bertz CT molecular complexity index is 568. The molecule has 0 aliphatic heterocycles. The van der Waals surface area contributed by atoms with Crippen molar-refractivity contribution in [1.29, 1.82) is 0 Å². The average Bonchev–Trinajstić information content (AvgIpc) is 2.81. The summed E-state index contributed by atoms with van der Waals surface area (Å²) in [6, 6.07) is 6.47. The van der Waals surface area contributed by atoms with Gasteiger partial charge in [-0.1, -0.05) is 6.92 Å². The summed E-state index contributed by atoms with van der Waals surface area (Å²) in [5, 5.41) is 5.54. The molecule has 2 heterocycles. The SMILES string of the molecule is CCNCc1cc(C)nc(N(C)Cc2csc(Br)c2)c1. The molecule has 2 aromatic rings. The summed E-state index contributed by atoms with van der Waals surface area (Å²) in [5.74, 6) is 1.03. The molecule has 0 unspecified atom stereocenters. The van der Waals surface area contributed by atoms with Crippen molar-refractivity contribution >= 4 is 33.1 Å². The van der Waals surface area contributed by atoms with Crippen molar-refractivity contribution in [2.45, 2.75) is 26.9 Å². The number of nitrogens with zero attached hydrogens (tertiary/aromatic N) is 2. The zero-order chi connectivity index (χ0) is 14.5. The Balaban J connectivity index is 2.12. The third kappa shape index (κ3) is 4.30. The van der Waals surface area contributed by atoms with E-state index in [9.17, 15) is 0 Å². The Hall–Kier alpha value is -0.910. The number of thiophene rings is 1. The van der Waals surface area contributed by atoms with E-state index in [1.807, 2.05) is 6.92 Å². The van der Waals surface area contributed by atoms with E-state index in [1.165, 1.54) is 14.9 Å². The van der Waals surface area contributed by atoms with Crippen LogP contribution in [-0.4, -0.2) is 18.6 Å². The van der Waals surface area contributed by atoms with Gasteiger partial charge in [-0.05, 0) is 64.1 Å². The van der Waals surface area contributed by atoms with Crippen molar-refractivity contribution in [3.8, 4) is 0 Å². The number of hydrogen-bond acceptors (Lipinski definition) is 4. The lowest BCUT2D eigenvalue weighted by molar-refractivity contribution is 0.724. The Morgan fingerprint density at radius 3 is 2.75 bits per heavy atom. The van der Waals surface area contributed by atoms with Crippen LogP contribution in [0, 0.1) is 6.92 Å². The van der Waals surface area contributed by atoms with Crippen LogP contribution in [-0.2, 0) is 13.1 Å². The molecule has 2 rings (SSSR count). The van der Waals surface area contributed by atoms with Crippen molar-refractivity contribution in [3.05, 3.63) is 44.2 Å². The first-order valence-corrected chi connectivity index (χ1v) is 8.38. The summed E-state index contributed by atoms with van der Waals surface area (Å²) in [6.07, 6.45) is 0. The van der Waals surface area contributed by atoms with Crippen LogP contribution in [0.3, 0.4) is 0 Å². The second-order valence-electron chi connectivity index (χ2n) is 4.87. The maximum absolute atomic E-state index is 4.63. The van der Waals surface area contributed by atoms with E-state index >= 15 is 0 Å². The van der Waals surface area contributed by atoms with Crippen LogP contribution >= 0.6 is 27.3 Å². The molecule has 0 bridgehead atoms. The predicted octanol–water partition coefficient (Wildman–Crippen LogP) is 3.96. The molecule has 108 valence electrons. The van der Waals surface area contributed by atoms with Crippen molar-refractivity contribution in [3.63, 3.8) is 0 Å². The smallest absolute Gasteiger partial charge is 0.129 e. The zero-order valence-corrected chi connectivity index (χ0v) is 14.5. The normalized spacial score (nSPS) is 10.8. The van der Waals surface area contributed by atoms with Gasteiger partial charge < -0.3 is 10.2 Å². The molecule has 2 aromatic heterocycles. The minimum Gasteiger partial charge on any atom is -0.355 e. The lowest BCUT2D eigenvalue weighted by Gasteiger charge is -2.19. The largest absolute Gasteiger partial charge is 0.355 e. The fraction of sp³-hybridized carbons (Fsp3) is 0.400. The Morgan fingerprint density at radius 2 is 2.10 bits per heavy atom. The minimum absolute atomic E-state index is 0.874.